The molecule has 0 fully saturated rings. The molecule has 1 atom stereocenters. The zero-order valence-corrected chi connectivity index (χ0v) is 30.8. The van der Waals surface area contributed by atoms with Crippen molar-refractivity contribution >= 4 is 24.1 Å². The first-order valence-corrected chi connectivity index (χ1v) is 16.4. The van der Waals surface area contributed by atoms with E-state index in [1.165, 1.54) is 5.56 Å². The Kier molecular flexibility index (Phi) is 13.2. The Balaban J connectivity index is 2.38. The highest BCUT2D eigenvalue weighted by atomic mass is 16.6. The van der Waals surface area contributed by atoms with Gasteiger partial charge in [0.2, 0.25) is 0 Å². The van der Waals surface area contributed by atoms with Gasteiger partial charge in [0.1, 0.15) is 22.6 Å². The van der Waals surface area contributed by atoms with E-state index in [0.29, 0.717) is 19.3 Å². The molecule has 2 N–H and O–H groups in total. The van der Waals surface area contributed by atoms with E-state index in [1.54, 1.807) is 41.5 Å². The maximum atomic E-state index is 12.6. The van der Waals surface area contributed by atoms with Crippen LogP contribution in [-0.2, 0) is 32.5 Å². The quantitative estimate of drug-likeness (QED) is 0.167. The predicted octanol–water partition coefficient (Wildman–Crippen LogP) is 9.29. The summed E-state index contributed by atoms with van der Waals surface area (Å²) in [5.74, 6) is 0.158. The van der Waals surface area contributed by atoms with Crippen LogP contribution in [0.25, 0.3) is 11.1 Å². The lowest BCUT2D eigenvalue weighted by molar-refractivity contribution is 0.0502. The van der Waals surface area contributed by atoms with E-state index in [1.807, 2.05) is 27.7 Å². The standard InChI is InChI=1S/C38H57N3O6/c1-25(39-32(42)45-36(5,6)7)14-15-26-22-27(24-29(23-26)28-17-19-30(20-18-28)35(2,3)4)16-21-31(40-33(43)46-37(8,9)10)41-34(44)47-38(11,12)13/h17-20,22-25H,14-16,21H2,1-13H3,(H,39,42)(H,40,41,43,44). The third-order valence-corrected chi connectivity index (χ3v) is 6.68. The topological polar surface area (TPSA) is 115 Å². The van der Waals surface area contributed by atoms with Crippen LogP contribution in [0.2, 0.25) is 0 Å². The normalized spacial score (nSPS) is 13.4. The van der Waals surface area contributed by atoms with Gasteiger partial charge in [-0.2, -0.15) is 4.99 Å². The van der Waals surface area contributed by atoms with Gasteiger partial charge in [-0.25, -0.2) is 14.4 Å². The predicted molar refractivity (Wildman–Crippen MR) is 189 cm³/mol. The summed E-state index contributed by atoms with van der Waals surface area (Å²) in [7, 11) is 0. The summed E-state index contributed by atoms with van der Waals surface area (Å²) in [5, 5.41) is 5.58. The summed E-state index contributed by atoms with van der Waals surface area (Å²) < 4.78 is 16.2. The minimum atomic E-state index is -0.789. The lowest BCUT2D eigenvalue weighted by Gasteiger charge is -2.22. The fraction of sp³-hybridized carbons (Fsp3) is 0.579. The van der Waals surface area contributed by atoms with Crippen LogP contribution in [0.5, 0.6) is 0 Å². The van der Waals surface area contributed by atoms with E-state index in [0.717, 1.165) is 22.3 Å². The van der Waals surface area contributed by atoms with Crippen molar-refractivity contribution < 1.29 is 28.6 Å². The van der Waals surface area contributed by atoms with E-state index in [9.17, 15) is 14.4 Å². The Morgan fingerprint density at radius 1 is 0.681 bits per heavy atom. The summed E-state index contributed by atoms with van der Waals surface area (Å²) in [6.45, 7) is 24.6. The number of alkyl carbamates (subject to hydrolysis) is 2. The van der Waals surface area contributed by atoms with Crippen molar-refractivity contribution in [3.8, 4) is 11.1 Å². The molecular weight excluding hydrogens is 594 g/mol. The fourth-order valence-electron chi connectivity index (χ4n) is 4.57. The number of carbonyl (C=O) groups excluding carboxylic acids is 3. The zero-order valence-electron chi connectivity index (χ0n) is 30.8. The molecular formula is C38H57N3O6. The van der Waals surface area contributed by atoms with Gasteiger partial charge in [0.25, 0.3) is 0 Å². The third-order valence-electron chi connectivity index (χ3n) is 6.68. The van der Waals surface area contributed by atoms with Crippen LogP contribution in [0, 0.1) is 0 Å². The monoisotopic (exact) mass is 651 g/mol. The molecule has 2 aromatic rings. The molecule has 47 heavy (non-hydrogen) atoms. The Hall–Kier alpha value is -3.88. The first kappa shape index (κ1) is 39.3. The van der Waals surface area contributed by atoms with Gasteiger partial charge in [0.15, 0.2) is 0 Å². The molecule has 0 aliphatic rings. The molecule has 9 heteroatoms. The van der Waals surface area contributed by atoms with E-state index >= 15 is 0 Å². The van der Waals surface area contributed by atoms with Crippen molar-refractivity contribution in [3.63, 3.8) is 0 Å². The number of nitrogens with zero attached hydrogens (tertiary/aromatic N) is 1. The number of amides is 3. The number of hydrogen-bond acceptors (Lipinski definition) is 6. The van der Waals surface area contributed by atoms with Gasteiger partial charge in [-0.15, -0.1) is 0 Å². The second-order valence-corrected chi connectivity index (χ2v) is 16.1. The largest absolute Gasteiger partial charge is 0.444 e. The van der Waals surface area contributed by atoms with Crippen LogP contribution < -0.4 is 10.6 Å². The molecule has 260 valence electrons. The number of aliphatic imine (C=N–C) groups is 1. The van der Waals surface area contributed by atoms with Crippen LogP contribution >= 0.6 is 0 Å². The Morgan fingerprint density at radius 2 is 1.19 bits per heavy atom. The lowest BCUT2D eigenvalue weighted by atomic mass is 9.86. The van der Waals surface area contributed by atoms with E-state index in [4.69, 9.17) is 14.2 Å². The Labute approximate surface area is 282 Å². The number of nitrogens with one attached hydrogen (secondary N) is 2. The summed E-state index contributed by atoms with van der Waals surface area (Å²) in [4.78, 5) is 41.6. The highest BCUT2D eigenvalue weighted by Gasteiger charge is 2.21. The summed E-state index contributed by atoms with van der Waals surface area (Å²) in [5.41, 5.74) is 3.49. The van der Waals surface area contributed by atoms with E-state index < -0.39 is 35.1 Å². The average molecular weight is 652 g/mol. The van der Waals surface area contributed by atoms with Gasteiger partial charge >= 0.3 is 18.3 Å². The molecule has 2 rings (SSSR count). The van der Waals surface area contributed by atoms with Crippen molar-refractivity contribution in [1.29, 1.82) is 0 Å². The average Bonchev–Trinajstić information content (AvgIpc) is 2.86. The van der Waals surface area contributed by atoms with Crippen LogP contribution in [0.1, 0.15) is 120 Å². The van der Waals surface area contributed by atoms with Gasteiger partial charge in [0.05, 0.1) is 0 Å². The molecule has 3 amide bonds. The molecule has 0 radical (unpaired) electrons. The fourth-order valence-corrected chi connectivity index (χ4v) is 4.57. The molecule has 0 aliphatic carbocycles. The number of amidine groups is 1. The van der Waals surface area contributed by atoms with Crippen molar-refractivity contribution in [2.75, 3.05) is 0 Å². The number of hydrogen-bond donors (Lipinski definition) is 2. The van der Waals surface area contributed by atoms with Crippen molar-refractivity contribution in [1.82, 2.24) is 10.6 Å². The molecule has 2 aromatic carbocycles. The van der Waals surface area contributed by atoms with E-state index in [2.05, 4.69) is 78.9 Å². The Bertz CT molecular complexity index is 1400. The molecule has 9 nitrogen and oxygen atoms in total. The van der Waals surface area contributed by atoms with Gasteiger partial charge in [-0.3, -0.25) is 5.32 Å². The minimum Gasteiger partial charge on any atom is -0.444 e. The number of aryl methyl sites for hydroxylation is 2. The van der Waals surface area contributed by atoms with Gasteiger partial charge < -0.3 is 19.5 Å². The maximum Gasteiger partial charge on any atom is 0.435 e. The van der Waals surface area contributed by atoms with Crippen molar-refractivity contribution in [2.45, 2.75) is 144 Å². The molecule has 0 heterocycles. The molecule has 0 saturated carbocycles. The first-order chi connectivity index (χ1) is 21.4. The Morgan fingerprint density at radius 3 is 1.70 bits per heavy atom. The molecule has 0 aliphatic heterocycles. The van der Waals surface area contributed by atoms with Crippen LogP contribution in [0.15, 0.2) is 47.5 Å². The van der Waals surface area contributed by atoms with Crippen molar-refractivity contribution in [2.24, 2.45) is 4.99 Å². The summed E-state index contributed by atoms with van der Waals surface area (Å²) >= 11 is 0. The molecule has 0 aromatic heterocycles. The SMILES string of the molecule is CC(CCc1cc(CCC(=NC(=O)OC(C)(C)C)NC(=O)OC(C)(C)C)cc(-c2ccc(C(C)(C)C)cc2)c1)NC(=O)OC(C)(C)C. The maximum absolute atomic E-state index is 12.6. The van der Waals surface area contributed by atoms with Crippen molar-refractivity contribution in [3.05, 3.63) is 59.2 Å². The van der Waals surface area contributed by atoms with Gasteiger partial charge in [-0.1, -0.05) is 63.2 Å². The summed E-state index contributed by atoms with van der Waals surface area (Å²) in [6.07, 6.45) is 0.255. The third kappa shape index (κ3) is 16.0. The second-order valence-electron chi connectivity index (χ2n) is 16.1. The van der Waals surface area contributed by atoms with Crippen LogP contribution in [-0.4, -0.2) is 47.0 Å². The lowest BCUT2D eigenvalue weighted by Crippen LogP contribution is -2.37. The van der Waals surface area contributed by atoms with Crippen LogP contribution in [0.4, 0.5) is 14.4 Å². The number of ether oxygens (including phenoxy) is 3. The molecule has 1 unspecified atom stereocenters. The van der Waals surface area contributed by atoms with E-state index in [-0.39, 0.29) is 23.7 Å². The first-order valence-electron chi connectivity index (χ1n) is 16.4. The minimum absolute atomic E-state index is 0.0355. The summed E-state index contributed by atoms with van der Waals surface area (Å²) in [6, 6.07) is 14.9. The number of carbonyl (C=O) groups is 3. The zero-order chi connectivity index (χ0) is 35.8. The molecule has 0 bridgehead atoms. The highest BCUT2D eigenvalue weighted by molar-refractivity contribution is 6.00. The number of rotatable bonds is 8. The van der Waals surface area contributed by atoms with Crippen LogP contribution in [0.3, 0.4) is 0 Å². The highest BCUT2D eigenvalue weighted by Crippen LogP contribution is 2.28. The van der Waals surface area contributed by atoms with Gasteiger partial charge in [0, 0.05) is 12.5 Å². The number of benzene rings is 2. The van der Waals surface area contributed by atoms with Gasteiger partial charge in [-0.05, 0) is 122 Å². The molecule has 0 spiro atoms. The molecule has 0 saturated heterocycles. The second kappa shape index (κ2) is 15.8. The smallest absolute Gasteiger partial charge is 0.435 e.